The fraction of sp³-hybridized carbons (Fsp3) is 0.333. The van der Waals surface area contributed by atoms with E-state index in [0.29, 0.717) is 37.6 Å². The predicted molar refractivity (Wildman–Crippen MR) is 104 cm³/mol. The van der Waals surface area contributed by atoms with E-state index >= 15 is 0 Å². The van der Waals surface area contributed by atoms with Crippen LogP contribution in [0, 0.1) is 5.82 Å². The highest BCUT2D eigenvalue weighted by molar-refractivity contribution is 6.01. The van der Waals surface area contributed by atoms with Gasteiger partial charge in [-0.15, -0.1) is 0 Å². The number of para-hydroxylation sites is 2. The van der Waals surface area contributed by atoms with Crippen LogP contribution in [0.2, 0.25) is 0 Å². The number of anilines is 2. The second-order valence-electron chi connectivity index (χ2n) is 7.02. The molecule has 2 aliphatic heterocycles. The van der Waals surface area contributed by atoms with Crippen molar-refractivity contribution in [2.75, 3.05) is 43.0 Å². The number of hydrogen-bond acceptors (Lipinski definition) is 4. The first-order valence-corrected chi connectivity index (χ1v) is 9.34. The minimum atomic E-state index is -0.803. The molecule has 0 N–H and O–H groups in total. The Labute approximate surface area is 163 Å². The van der Waals surface area contributed by atoms with Crippen molar-refractivity contribution in [3.05, 3.63) is 54.3 Å². The van der Waals surface area contributed by atoms with Crippen LogP contribution in [-0.2, 0) is 9.59 Å². The average Bonchev–Trinajstić information content (AvgIpc) is 2.72. The Morgan fingerprint density at radius 3 is 2.46 bits per heavy atom. The lowest BCUT2D eigenvalue weighted by atomic mass is 10.1. The number of rotatable bonds is 3. The van der Waals surface area contributed by atoms with Gasteiger partial charge < -0.3 is 19.4 Å². The molecule has 7 heteroatoms. The number of hydrogen-bond donors (Lipinski definition) is 0. The molecule has 2 heterocycles. The van der Waals surface area contributed by atoms with E-state index in [1.165, 1.54) is 12.1 Å². The van der Waals surface area contributed by atoms with E-state index < -0.39 is 6.10 Å². The molecule has 28 heavy (non-hydrogen) atoms. The van der Waals surface area contributed by atoms with Gasteiger partial charge >= 0.3 is 0 Å². The van der Waals surface area contributed by atoms with Crippen molar-refractivity contribution in [3.8, 4) is 5.75 Å². The molecule has 0 saturated carbocycles. The second-order valence-corrected chi connectivity index (χ2v) is 7.02. The zero-order valence-corrected chi connectivity index (χ0v) is 15.7. The number of fused-ring (bicyclic) bond motifs is 1. The Kier molecular flexibility index (Phi) is 4.90. The molecule has 1 unspecified atom stereocenters. The lowest BCUT2D eigenvalue weighted by Crippen LogP contribution is -2.51. The smallest absolute Gasteiger partial charge is 0.268 e. The highest BCUT2D eigenvalue weighted by Gasteiger charge is 2.35. The molecule has 0 aromatic heterocycles. The molecule has 2 aromatic carbocycles. The van der Waals surface area contributed by atoms with E-state index in [1.54, 1.807) is 35.0 Å². The molecule has 0 spiro atoms. The summed E-state index contributed by atoms with van der Waals surface area (Å²) in [5.41, 5.74) is 1.65. The maximum Gasteiger partial charge on any atom is 0.268 e. The molecular formula is C21H22FN3O3. The van der Waals surface area contributed by atoms with Crippen molar-refractivity contribution in [1.82, 2.24) is 4.90 Å². The van der Waals surface area contributed by atoms with Crippen LogP contribution in [0.15, 0.2) is 48.5 Å². The number of benzene rings is 2. The summed E-state index contributed by atoms with van der Waals surface area (Å²) >= 11 is 0. The summed E-state index contributed by atoms with van der Waals surface area (Å²) < 4.78 is 18.9. The van der Waals surface area contributed by atoms with Gasteiger partial charge in [-0.25, -0.2) is 4.39 Å². The van der Waals surface area contributed by atoms with Crippen LogP contribution < -0.4 is 14.5 Å². The summed E-state index contributed by atoms with van der Waals surface area (Å²) in [6.45, 7) is 2.45. The van der Waals surface area contributed by atoms with Gasteiger partial charge in [0.15, 0.2) is 6.10 Å². The number of amides is 2. The molecule has 2 amide bonds. The molecule has 2 aromatic rings. The molecule has 0 aliphatic carbocycles. The van der Waals surface area contributed by atoms with Gasteiger partial charge in [0.25, 0.3) is 5.91 Å². The number of carbonyl (C=O) groups is 2. The zero-order valence-electron chi connectivity index (χ0n) is 15.7. The van der Waals surface area contributed by atoms with E-state index in [9.17, 15) is 14.0 Å². The van der Waals surface area contributed by atoms with Gasteiger partial charge in [0.2, 0.25) is 5.91 Å². The number of nitrogens with zero attached hydrogens (tertiary/aromatic N) is 3. The van der Waals surface area contributed by atoms with Crippen molar-refractivity contribution >= 4 is 23.2 Å². The molecule has 1 fully saturated rings. The van der Waals surface area contributed by atoms with Crippen molar-refractivity contribution in [1.29, 1.82) is 0 Å². The van der Waals surface area contributed by atoms with Crippen molar-refractivity contribution in [2.45, 2.75) is 12.5 Å². The van der Waals surface area contributed by atoms with Gasteiger partial charge in [0, 0.05) is 38.9 Å². The summed E-state index contributed by atoms with van der Waals surface area (Å²) in [5.74, 6) is 0.0478. The van der Waals surface area contributed by atoms with Gasteiger partial charge in [-0.3, -0.25) is 9.59 Å². The maximum absolute atomic E-state index is 13.1. The fourth-order valence-electron chi connectivity index (χ4n) is 3.65. The molecule has 6 nitrogen and oxygen atoms in total. The van der Waals surface area contributed by atoms with Crippen molar-refractivity contribution in [3.63, 3.8) is 0 Å². The lowest BCUT2D eigenvalue weighted by Gasteiger charge is -2.37. The van der Waals surface area contributed by atoms with Crippen LogP contribution in [0.3, 0.4) is 0 Å². The number of likely N-dealkylation sites (N-methyl/N-ethyl adjacent to an activating group) is 1. The molecule has 0 radical (unpaired) electrons. The van der Waals surface area contributed by atoms with Crippen LogP contribution in [0.25, 0.3) is 0 Å². The number of halogens is 1. The molecular weight excluding hydrogens is 361 g/mol. The first kappa shape index (κ1) is 18.3. The van der Waals surface area contributed by atoms with Crippen molar-refractivity contribution < 1.29 is 18.7 Å². The lowest BCUT2D eigenvalue weighted by molar-refractivity contribution is -0.138. The highest BCUT2D eigenvalue weighted by Crippen LogP contribution is 2.33. The third-order valence-electron chi connectivity index (χ3n) is 5.29. The highest BCUT2D eigenvalue weighted by atomic mass is 19.1. The molecule has 0 bridgehead atoms. The fourth-order valence-corrected chi connectivity index (χ4v) is 3.65. The molecule has 146 valence electrons. The van der Waals surface area contributed by atoms with E-state index in [4.69, 9.17) is 4.74 Å². The Balaban J connectivity index is 1.36. The van der Waals surface area contributed by atoms with Crippen molar-refractivity contribution in [2.24, 2.45) is 0 Å². The van der Waals surface area contributed by atoms with Gasteiger partial charge in [-0.05, 0) is 36.4 Å². The minimum Gasteiger partial charge on any atom is -0.478 e. The number of carbonyl (C=O) groups excluding carboxylic acids is 2. The van der Waals surface area contributed by atoms with Crippen LogP contribution in [0.1, 0.15) is 6.42 Å². The van der Waals surface area contributed by atoms with E-state index in [1.807, 2.05) is 18.2 Å². The van der Waals surface area contributed by atoms with E-state index in [0.717, 1.165) is 5.69 Å². The monoisotopic (exact) mass is 383 g/mol. The quantitative estimate of drug-likeness (QED) is 0.816. The summed E-state index contributed by atoms with van der Waals surface area (Å²) in [6.07, 6.45) is -0.781. The third kappa shape index (κ3) is 3.52. The molecule has 1 saturated heterocycles. The van der Waals surface area contributed by atoms with Gasteiger partial charge in [-0.2, -0.15) is 0 Å². The van der Waals surface area contributed by atoms with E-state index in [-0.39, 0.29) is 24.1 Å². The second kappa shape index (κ2) is 7.50. The summed E-state index contributed by atoms with van der Waals surface area (Å²) in [4.78, 5) is 30.7. The predicted octanol–water partition coefficient (Wildman–Crippen LogP) is 2.29. The van der Waals surface area contributed by atoms with Gasteiger partial charge in [0.05, 0.1) is 12.1 Å². The van der Waals surface area contributed by atoms with Crippen LogP contribution >= 0.6 is 0 Å². The summed E-state index contributed by atoms with van der Waals surface area (Å²) in [5, 5.41) is 0. The summed E-state index contributed by atoms with van der Waals surface area (Å²) in [7, 11) is 1.70. The first-order valence-electron chi connectivity index (χ1n) is 9.34. The normalized spacial score (nSPS) is 19.3. The molecule has 2 aliphatic rings. The first-order chi connectivity index (χ1) is 13.5. The van der Waals surface area contributed by atoms with Crippen LogP contribution in [-0.4, -0.2) is 56.0 Å². The van der Waals surface area contributed by atoms with Crippen LogP contribution in [0.4, 0.5) is 15.8 Å². The summed E-state index contributed by atoms with van der Waals surface area (Å²) in [6, 6.07) is 13.7. The average molecular weight is 383 g/mol. The Morgan fingerprint density at radius 2 is 1.75 bits per heavy atom. The number of piperazine rings is 1. The molecule has 1 atom stereocenters. The number of ether oxygens (including phenoxy) is 1. The standard InChI is InChI=1S/C21H22FN3O3/c1-23-17-4-2-3-5-18(17)28-19(21(23)27)14-20(26)25-12-10-24(11-13-25)16-8-6-15(22)7-9-16/h2-9,19H,10-14H2,1H3. The third-order valence-corrected chi connectivity index (χ3v) is 5.29. The Bertz CT molecular complexity index is 879. The maximum atomic E-state index is 13.1. The zero-order chi connectivity index (χ0) is 19.7. The van der Waals surface area contributed by atoms with Gasteiger partial charge in [0.1, 0.15) is 11.6 Å². The largest absolute Gasteiger partial charge is 0.478 e. The Hall–Kier alpha value is -3.09. The minimum absolute atomic E-state index is 0.0219. The topological polar surface area (TPSA) is 53.1 Å². The van der Waals surface area contributed by atoms with E-state index in [2.05, 4.69) is 4.90 Å². The SMILES string of the molecule is CN1C(=O)C(CC(=O)N2CCN(c3ccc(F)cc3)CC2)Oc2ccccc21. The molecule has 4 rings (SSSR count). The van der Waals surface area contributed by atoms with Crippen LogP contribution in [0.5, 0.6) is 5.75 Å². The van der Waals surface area contributed by atoms with Gasteiger partial charge in [-0.1, -0.05) is 12.1 Å². The Morgan fingerprint density at radius 1 is 1.07 bits per heavy atom.